The van der Waals surface area contributed by atoms with Crippen molar-refractivity contribution in [3.05, 3.63) is 66.1 Å². The van der Waals surface area contributed by atoms with Crippen LogP contribution in [0.2, 0.25) is 0 Å². The molecule has 2 aromatic heterocycles. The summed E-state index contributed by atoms with van der Waals surface area (Å²) in [7, 11) is 1.96. The van der Waals surface area contributed by atoms with Gasteiger partial charge in [0, 0.05) is 51.8 Å². The number of carbonyl (C=O) groups is 1. The van der Waals surface area contributed by atoms with Crippen molar-refractivity contribution in [2.24, 2.45) is 12.5 Å². The molecule has 2 fully saturated rings. The maximum atomic E-state index is 13.5. The Morgan fingerprint density at radius 1 is 1.06 bits per heavy atom. The number of rotatable bonds is 4. The lowest BCUT2D eigenvalue weighted by Crippen LogP contribution is -2.37. The van der Waals surface area contributed by atoms with Gasteiger partial charge in [0.1, 0.15) is 5.69 Å². The van der Waals surface area contributed by atoms with E-state index in [4.69, 9.17) is 4.98 Å². The van der Waals surface area contributed by atoms with Gasteiger partial charge in [-0.25, -0.2) is 15.0 Å². The number of carbonyl (C=O) groups excluding carboxylic acids is 1. The minimum absolute atomic E-state index is 0.283. The Kier molecular flexibility index (Phi) is 4.38. The van der Waals surface area contributed by atoms with Gasteiger partial charge in [0.25, 0.3) is 0 Å². The summed E-state index contributed by atoms with van der Waals surface area (Å²) in [5.41, 5.74) is 4.43. The third kappa shape index (κ3) is 3.03. The molecule has 162 valence electrons. The molecule has 0 N–H and O–H groups in total. The molecule has 1 unspecified atom stereocenters. The molecule has 2 aliphatic heterocycles. The number of imidazole rings is 1. The second-order valence-corrected chi connectivity index (χ2v) is 9.12. The highest BCUT2D eigenvalue weighted by atomic mass is 16.2. The summed E-state index contributed by atoms with van der Waals surface area (Å²) in [5.74, 6) is 1.78. The number of allylic oxidation sites excluding steroid dienone is 1. The van der Waals surface area contributed by atoms with Gasteiger partial charge in [-0.3, -0.25) is 4.79 Å². The van der Waals surface area contributed by atoms with Gasteiger partial charge in [0.05, 0.1) is 5.41 Å². The Morgan fingerprint density at radius 3 is 2.81 bits per heavy atom. The fourth-order valence-electron chi connectivity index (χ4n) is 5.41. The van der Waals surface area contributed by atoms with Crippen LogP contribution in [0.4, 0.5) is 5.95 Å². The van der Waals surface area contributed by atoms with Crippen LogP contribution in [-0.2, 0) is 18.3 Å². The molecular weight excluding hydrogens is 400 g/mol. The van der Waals surface area contributed by atoms with Crippen LogP contribution in [0.5, 0.6) is 0 Å². The van der Waals surface area contributed by atoms with E-state index in [2.05, 4.69) is 50.1 Å². The molecule has 32 heavy (non-hydrogen) atoms. The normalized spacial score (nSPS) is 22.2. The van der Waals surface area contributed by atoms with Gasteiger partial charge in [-0.05, 0) is 42.0 Å². The van der Waals surface area contributed by atoms with E-state index >= 15 is 0 Å². The lowest BCUT2D eigenvalue weighted by atomic mass is 9.85. The summed E-state index contributed by atoms with van der Waals surface area (Å²) in [4.78, 5) is 31.4. The number of benzene rings is 1. The summed E-state index contributed by atoms with van der Waals surface area (Å²) >= 11 is 0. The predicted molar refractivity (Wildman–Crippen MR) is 123 cm³/mol. The van der Waals surface area contributed by atoms with Crippen molar-refractivity contribution in [3.8, 4) is 11.5 Å². The Bertz CT molecular complexity index is 1230. The van der Waals surface area contributed by atoms with Gasteiger partial charge in [-0.2, -0.15) is 0 Å². The highest BCUT2D eigenvalue weighted by molar-refractivity contribution is 5.88. The Labute approximate surface area is 187 Å². The molecule has 1 aromatic carbocycles. The Hall–Kier alpha value is -3.48. The van der Waals surface area contributed by atoms with Crippen LogP contribution in [0.25, 0.3) is 17.1 Å². The molecule has 0 bridgehead atoms. The van der Waals surface area contributed by atoms with E-state index < -0.39 is 0 Å². The van der Waals surface area contributed by atoms with Gasteiger partial charge < -0.3 is 14.4 Å². The lowest BCUT2D eigenvalue weighted by molar-refractivity contribution is -0.134. The van der Waals surface area contributed by atoms with E-state index in [0.29, 0.717) is 19.0 Å². The second kappa shape index (κ2) is 7.29. The molecular formula is C25H26N6O. The van der Waals surface area contributed by atoms with Crippen LogP contribution in [0.1, 0.15) is 24.0 Å². The number of hydrogen-bond donors (Lipinski definition) is 0. The third-order valence-corrected chi connectivity index (χ3v) is 7.22. The van der Waals surface area contributed by atoms with E-state index in [0.717, 1.165) is 43.9 Å². The van der Waals surface area contributed by atoms with Crippen molar-refractivity contribution in [1.82, 2.24) is 24.4 Å². The Morgan fingerprint density at radius 2 is 1.94 bits per heavy atom. The van der Waals surface area contributed by atoms with Gasteiger partial charge >= 0.3 is 0 Å². The number of likely N-dealkylation sites (tertiary alicyclic amines) is 1. The first-order valence-corrected chi connectivity index (χ1v) is 11.3. The van der Waals surface area contributed by atoms with Crippen molar-refractivity contribution in [2.75, 3.05) is 31.1 Å². The molecule has 4 heterocycles. The average molecular weight is 427 g/mol. The van der Waals surface area contributed by atoms with E-state index in [9.17, 15) is 4.79 Å². The second-order valence-electron chi connectivity index (χ2n) is 9.12. The SMILES string of the molecule is Cn1ccnc1-c1ccnc(N2CCC3(CCN(CC4=CCc5ccccc54)C3=O)C2)n1. The molecule has 7 heteroatoms. The van der Waals surface area contributed by atoms with E-state index in [-0.39, 0.29) is 11.3 Å². The molecule has 0 radical (unpaired) electrons. The summed E-state index contributed by atoms with van der Waals surface area (Å²) in [5, 5.41) is 0. The Balaban J connectivity index is 1.18. The molecule has 1 aliphatic carbocycles. The standard InChI is InChI=1S/C25H26N6O/c1-29-15-12-26-22(29)21-8-11-27-24(28-21)31-14-10-25(17-31)9-13-30(23(25)32)16-19-7-6-18-4-2-3-5-20(18)19/h2-5,7-8,11-12,15H,6,9-10,13-14,16-17H2,1H3. The molecule has 1 spiro atoms. The fourth-order valence-corrected chi connectivity index (χ4v) is 5.41. The van der Waals surface area contributed by atoms with Crippen molar-refractivity contribution < 1.29 is 4.79 Å². The topological polar surface area (TPSA) is 67.2 Å². The maximum Gasteiger partial charge on any atom is 0.231 e. The summed E-state index contributed by atoms with van der Waals surface area (Å²) in [6, 6.07) is 10.4. The van der Waals surface area contributed by atoms with E-state index in [1.165, 1.54) is 16.7 Å². The predicted octanol–water partition coefficient (Wildman–Crippen LogP) is 2.95. The van der Waals surface area contributed by atoms with E-state index in [1.807, 2.05) is 23.9 Å². The fraction of sp³-hybridized carbons (Fsp3) is 0.360. The van der Waals surface area contributed by atoms with Gasteiger partial charge in [-0.1, -0.05) is 30.3 Å². The maximum absolute atomic E-state index is 13.5. The molecule has 1 amide bonds. The zero-order valence-corrected chi connectivity index (χ0v) is 18.2. The number of fused-ring (bicyclic) bond motifs is 1. The van der Waals surface area contributed by atoms with Gasteiger partial charge in [-0.15, -0.1) is 0 Å². The minimum atomic E-state index is -0.318. The number of hydrogen-bond acceptors (Lipinski definition) is 5. The number of anilines is 1. The van der Waals surface area contributed by atoms with E-state index in [1.54, 1.807) is 12.4 Å². The zero-order chi connectivity index (χ0) is 21.7. The van der Waals surface area contributed by atoms with Crippen molar-refractivity contribution in [3.63, 3.8) is 0 Å². The van der Waals surface area contributed by atoms with Gasteiger partial charge in [0.2, 0.25) is 11.9 Å². The summed E-state index contributed by atoms with van der Waals surface area (Å²) < 4.78 is 1.95. The molecule has 1 atom stereocenters. The molecule has 2 saturated heterocycles. The molecule has 3 aromatic rings. The van der Waals surface area contributed by atoms with Crippen molar-refractivity contribution in [1.29, 1.82) is 0 Å². The van der Waals surface area contributed by atoms with Crippen LogP contribution in [0, 0.1) is 5.41 Å². The highest BCUT2D eigenvalue weighted by Crippen LogP contribution is 2.42. The minimum Gasteiger partial charge on any atom is -0.340 e. The number of amides is 1. The molecule has 6 rings (SSSR count). The van der Waals surface area contributed by atoms with Crippen LogP contribution in [-0.4, -0.2) is 56.5 Å². The first-order valence-electron chi connectivity index (χ1n) is 11.3. The highest BCUT2D eigenvalue weighted by Gasteiger charge is 2.51. The third-order valence-electron chi connectivity index (χ3n) is 7.22. The molecule has 3 aliphatic rings. The number of aryl methyl sites for hydroxylation is 1. The quantitative estimate of drug-likeness (QED) is 0.642. The summed E-state index contributed by atoms with van der Waals surface area (Å²) in [6.45, 7) is 3.01. The molecule has 0 saturated carbocycles. The van der Waals surface area contributed by atoms with Crippen molar-refractivity contribution >= 4 is 17.4 Å². The summed E-state index contributed by atoms with van der Waals surface area (Å²) in [6.07, 6.45) is 10.5. The van der Waals surface area contributed by atoms with Crippen LogP contribution in [0.15, 0.2) is 55.0 Å². The van der Waals surface area contributed by atoms with Crippen molar-refractivity contribution in [2.45, 2.75) is 19.3 Å². The lowest BCUT2D eigenvalue weighted by Gasteiger charge is -2.24. The average Bonchev–Trinajstić information content (AvgIpc) is 3.60. The number of aromatic nitrogens is 4. The molecule has 7 nitrogen and oxygen atoms in total. The first kappa shape index (κ1) is 19.2. The first-order chi connectivity index (χ1) is 15.6. The van der Waals surface area contributed by atoms with Crippen LogP contribution in [0.3, 0.4) is 0 Å². The van der Waals surface area contributed by atoms with Crippen LogP contribution >= 0.6 is 0 Å². The van der Waals surface area contributed by atoms with Crippen LogP contribution < -0.4 is 4.90 Å². The zero-order valence-electron chi connectivity index (χ0n) is 18.2. The smallest absolute Gasteiger partial charge is 0.231 e. The monoisotopic (exact) mass is 426 g/mol. The van der Waals surface area contributed by atoms with Gasteiger partial charge in [0.15, 0.2) is 5.82 Å². The largest absolute Gasteiger partial charge is 0.340 e. The number of nitrogens with zero attached hydrogens (tertiary/aromatic N) is 6.